The van der Waals surface area contributed by atoms with E-state index in [0.29, 0.717) is 71.1 Å². The summed E-state index contributed by atoms with van der Waals surface area (Å²) < 4.78 is 46.0. The van der Waals surface area contributed by atoms with Crippen LogP contribution < -0.4 is 20.0 Å². The molecule has 6 aromatic heterocycles. The van der Waals surface area contributed by atoms with E-state index in [4.69, 9.17) is 46.0 Å². The van der Waals surface area contributed by atoms with Gasteiger partial charge in [0.15, 0.2) is 16.6 Å². The fraction of sp³-hybridized carbons (Fsp3) is 0.405. The Morgan fingerprint density at radius 3 is 2.52 bits per heavy atom. The molecule has 0 amide bonds. The summed E-state index contributed by atoms with van der Waals surface area (Å²) in [6.45, 7) is 5.00. The van der Waals surface area contributed by atoms with Gasteiger partial charge in [0, 0.05) is 70.3 Å². The average molecular weight is 881 g/mol. The predicted octanol–water partition coefficient (Wildman–Crippen LogP) is 5.78. The van der Waals surface area contributed by atoms with Crippen molar-refractivity contribution in [2.45, 2.75) is 62.8 Å². The highest BCUT2D eigenvalue weighted by Gasteiger charge is 2.48. The number of halogens is 3. The third-order valence-electron chi connectivity index (χ3n) is 12.7. The Bertz CT molecular complexity index is 2810. The summed E-state index contributed by atoms with van der Waals surface area (Å²) in [4.78, 5) is 38.9. The van der Waals surface area contributed by atoms with Crippen LogP contribution in [-0.2, 0) is 16.0 Å². The lowest BCUT2D eigenvalue weighted by molar-refractivity contribution is -0.0582. The van der Waals surface area contributed by atoms with E-state index in [1.54, 1.807) is 38.0 Å². The summed E-state index contributed by atoms with van der Waals surface area (Å²) in [7, 11) is 5.48. The number of nitrogens with zero attached hydrogens (tertiary/aromatic N) is 13. The molecule has 62 heavy (non-hydrogen) atoms. The first-order valence-electron chi connectivity index (χ1n) is 20.6. The Hall–Kier alpha value is -5.60. The Morgan fingerprint density at radius 2 is 1.74 bits per heavy atom. The van der Waals surface area contributed by atoms with Crippen molar-refractivity contribution in [1.82, 2.24) is 49.2 Å². The highest BCUT2D eigenvalue weighted by molar-refractivity contribution is 7.13. The van der Waals surface area contributed by atoms with Gasteiger partial charge in [-0.3, -0.25) is 9.88 Å². The molecule has 4 saturated heterocycles. The quantitative estimate of drug-likeness (QED) is 0.216. The van der Waals surface area contributed by atoms with Crippen LogP contribution in [-0.4, -0.2) is 133 Å². The minimum Gasteiger partial charge on any atom is -0.378 e. The molecular formula is C42H43ClF2N14O2S. The molecule has 20 heteroatoms. The summed E-state index contributed by atoms with van der Waals surface area (Å²) in [5, 5.41) is 12.5. The molecule has 6 atom stereocenters. The number of nitrogens with one attached hydrogen (secondary N) is 1. The van der Waals surface area contributed by atoms with Crippen molar-refractivity contribution in [3.63, 3.8) is 0 Å². The molecule has 1 N–H and O–H groups in total. The highest BCUT2D eigenvalue weighted by Crippen LogP contribution is 2.42. The minimum absolute atomic E-state index is 0.0842. The van der Waals surface area contributed by atoms with Gasteiger partial charge >= 0.3 is 0 Å². The van der Waals surface area contributed by atoms with Gasteiger partial charge in [0.25, 0.3) is 0 Å². The molecule has 16 nitrogen and oxygen atoms in total. The summed E-state index contributed by atoms with van der Waals surface area (Å²) in [5.41, 5.74) is 3.29. The molecule has 11 heterocycles. The Kier molecular flexibility index (Phi) is 9.71. The van der Waals surface area contributed by atoms with Gasteiger partial charge in [0.05, 0.1) is 58.4 Å². The molecule has 6 bridgehead atoms. The van der Waals surface area contributed by atoms with Crippen LogP contribution >= 0.6 is 22.9 Å². The van der Waals surface area contributed by atoms with E-state index in [9.17, 15) is 4.39 Å². The summed E-state index contributed by atoms with van der Waals surface area (Å²) in [6.07, 6.45) is 6.14. The maximum atomic E-state index is 15.6. The van der Waals surface area contributed by atoms with E-state index >= 15 is 4.39 Å². The first-order chi connectivity index (χ1) is 30.1. The van der Waals surface area contributed by atoms with E-state index in [-0.39, 0.29) is 36.0 Å². The van der Waals surface area contributed by atoms with Gasteiger partial charge in [-0.1, -0.05) is 11.6 Å². The number of pyridine rings is 2. The lowest BCUT2D eigenvalue weighted by Gasteiger charge is -2.56. The number of aromatic nitrogens is 9. The highest BCUT2D eigenvalue weighted by atomic mass is 35.5. The van der Waals surface area contributed by atoms with Gasteiger partial charge in [0.1, 0.15) is 46.6 Å². The molecule has 320 valence electrons. The Morgan fingerprint density at radius 1 is 0.887 bits per heavy atom. The van der Waals surface area contributed by atoms with Crippen molar-refractivity contribution >= 4 is 67.7 Å². The lowest BCUT2D eigenvalue weighted by atomic mass is 9.88. The van der Waals surface area contributed by atoms with Crippen LogP contribution in [0.3, 0.4) is 0 Å². The van der Waals surface area contributed by atoms with E-state index < -0.39 is 17.9 Å². The number of aryl methyl sites for hydroxylation is 1. The lowest BCUT2D eigenvalue weighted by Crippen LogP contribution is -2.69. The van der Waals surface area contributed by atoms with Gasteiger partial charge in [-0.15, -0.1) is 11.3 Å². The Balaban J connectivity index is 1.04. The SMILES string of the molecule is COC1[C@@H]2C[C@@H](CN2c2nc(N3C4CC3CN(c3nccs3)C4)nc3c2cnn3-c2ccc(F)cc2F)Nc2ccc(Cl)c(n2)-c2nccc3nc(C)n(c23)C[C@@H](OC)CN1C. The zero-order valence-electron chi connectivity index (χ0n) is 34.4. The number of imidazole rings is 1. The third-order valence-corrected chi connectivity index (χ3v) is 13.9. The molecule has 0 aliphatic carbocycles. The Labute approximate surface area is 364 Å². The number of fused-ring (bicyclic) bond motifs is 8. The number of piperazine rings is 1. The number of benzene rings is 1. The van der Waals surface area contributed by atoms with Crippen LogP contribution in [0, 0.1) is 18.6 Å². The van der Waals surface area contributed by atoms with Crippen LogP contribution in [0.2, 0.25) is 5.02 Å². The fourth-order valence-corrected chi connectivity index (χ4v) is 10.8. The van der Waals surface area contributed by atoms with Crippen LogP contribution in [0.4, 0.5) is 31.5 Å². The number of hydrogen-bond donors (Lipinski definition) is 1. The zero-order chi connectivity index (χ0) is 42.4. The van der Waals surface area contributed by atoms with Gasteiger partial charge in [-0.25, -0.2) is 28.4 Å². The number of methoxy groups -OCH3 is 2. The maximum absolute atomic E-state index is 15.6. The molecule has 4 fully saturated rings. The number of piperidine rings is 1. The van der Waals surface area contributed by atoms with Crippen LogP contribution in [0.25, 0.3) is 39.1 Å². The molecule has 3 unspecified atom stereocenters. The topological polar surface area (TPSA) is 144 Å². The maximum Gasteiger partial charge on any atom is 0.230 e. The largest absolute Gasteiger partial charge is 0.378 e. The second-order valence-corrected chi connectivity index (χ2v) is 17.7. The minimum atomic E-state index is -0.749. The zero-order valence-corrected chi connectivity index (χ0v) is 35.9. The van der Waals surface area contributed by atoms with Crippen molar-refractivity contribution < 1.29 is 18.3 Å². The molecule has 5 aliphatic heterocycles. The van der Waals surface area contributed by atoms with E-state index in [0.717, 1.165) is 47.6 Å². The van der Waals surface area contributed by atoms with E-state index in [2.05, 4.69) is 39.6 Å². The van der Waals surface area contributed by atoms with Crippen LogP contribution in [0.1, 0.15) is 18.7 Å². The molecule has 5 aliphatic rings. The molecule has 7 aromatic rings. The van der Waals surface area contributed by atoms with Crippen molar-refractivity contribution in [2.75, 3.05) is 67.5 Å². The van der Waals surface area contributed by atoms with E-state index in [1.165, 1.54) is 16.8 Å². The molecular weight excluding hydrogens is 838 g/mol. The van der Waals surface area contributed by atoms with Crippen molar-refractivity contribution in [1.29, 1.82) is 0 Å². The van der Waals surface area contributed by atoms with Crippen molar-refractivity contribution in [3.05, 3.63) is 82.9 Å². The van der Waals surface area contributed by atoms with E-state index in [1.807, 2.05) is 43.7 Å². The number of thiazole rings is 1. The molecule has 0 saturated carbocycles. The predicted molar refractivity (Wildman–Crippen MR) is 233 cm³/mol. The average Bonchev–Trinajstić information content (AvgIpc) is 4.08. The van der Waals surface area contributed by atoms with Gasteiger partial charge in [-0.05, 0) is 57.1 Å². The summed E-state index contributed by atoms with van der Waals surface area (Å²) >= 11 is 8.54. The fourth-order valence-electron chi connectivity index (χ4n) is 9.95. The van der Waals surface area contributed by atoms with Crippen LogP contribution in [0.15, 0.2) is 60.4 Å². The molecule has 0 spiro atoms. The standard InChI is InChI=1S/C42H43ClF2N14O2S/c1-22-49-31-9-10-46-36-35-29(43)6-8-34(51-35)50-24-14-33(40(61-4)54(2)20-27(60-3)21-56(22)37(31)36)57(17-24)38-28-16-48-59(32-7-5-23(44)13-30(32)45)39(28)53-41(52-38)58-25-15-26(58)19-55(18-25)42-47-11-12-62-42/h5-13,16,24-27,33,40H,14-15,17-21H2,1-4H3,(H,50,51)/t24-,25?,26?,27-,33-,40?/m0/s1. The van der Waals surface area contributed by atoms with Crippen LogP contribution in [0.5, 0.6) is 0 Å². The number of ether oxygens (including phenoxy) is 2. The summed E-state index contributed by atoms with van der Waals surface area (Å²) in [5.74, 6) is 1.18. The first kappa shape index (κ1) is 39.3. The second-order valence-electron chi connectivity index (χ2n) is 16.5. The smallest absolute Gasteiger partial charge is 0.230 e. The second kappa shape index (κ2) is 15.3. The molecule has 12 rings (SSSR count). The van der Waals surface area contributed by atoms with Gasteiger partial charge < -0.3 is 34.1 Å². The van der Waals surface area contributed by atoms with Gasteiger partial charge in [-0.2, -0.15) is 15.1 Å². The third kappa shape index (κ3) is 6.51. The number of hydrogen-bond acceptors (Lipinski definition) is 15. The molecule has 0 radical (unpaired) electrons. The summed E-state index contributed by atoms with van der Waals surface area (Å²) in [6, 6.07) is 8.97. The first-order valence-corrected chi connectivity index (χ1v) is 21.8. The number of likely N-dealkylation sites (N-methyl/N-ethyl adjacent to an activating group) is 1. The number of anilines is 4. The van der Waals surface area contributed by atoms with Crippen molar-refractivity contribution in [2.24, 2.45) is 0 Å². The van der Waals surface area contributed by atoms with Crippen molar-refractivity contribution in [3.8, 4) is 17.1 Å². The monoisotopic (exact) mass is 880 g/mol. The van der Waals surface area contributed by atoms with Gasteiger partial charge in [0.2, 0.25) is 5.95 Å². The molecule has 1 aromatic carbocycles. The number of rotatable bonds is 6. The normalized spacial score (nSPS) is 24.0.